The van der Waals surface area contributed by atoms with E-state index in [-0.39, 0.29) is 49.5 Å². The lowest BCUT2D eigenvalue weighted by Gasteiger charge is -2.31. The Kier molecular flexibility index (Phi) is 6.17. The largest absolute Gasteiger partial charge is 0.461 e. The summed E-state index contributed by atoms with van der Waals surface area (Å²) in [6.45, 7) is -1.80. The van der Waals surface area contributed by atoms with Gasteiger partial charge in [0, 0.05) is 36.4 Å². The minimum atomic E-state index is -5.01. The second-order valence-corrected chi connectivity index (χ2v) is 12.3. The summed E-state index contributed by atoms with van der Waals surface area (Å²) in [5.41, 5.74) is -3.88. The molecule has 0 radical (unpaired) electrons. The summed E-state index contributed by atoms with van der Waals surface area (Å²) in [6, 6.07) is 10.7. The minimum absolute atomic E-state index is 0.0116. The van der Waals surface area contributed by atoms with Crippen molar-refractivity contribution < 1.29 is 38.6 Å². The van der Waals surface area contributed by atoms with Gasteiger partial charge in [-0.05, 0) is 41.8 Å². The maximum atomic E-state index is 16.9. The third-order valence-electron chi connectivity index (χ3n) is 9.64. The quantitative estimate of drug-likeness (QED) is 0.228. The van der Waals surface area contributed by atoms with E-state index in [1.54, 1.807) is 35.2 Å². The van der Waals surface area contributed by atoms with E-state index in [4.69, 9.17) is 12.2 Å². The van der Waals surface area contributed by atoms with Crippen LogP contribution in [0.4, 0.5) is 32.2 Å². The van der Waals surface area contributed by atoms with Crippen LogP contribution in [0.3, 0.4) is 0 Å². The van der Waals surface area contributed by atoms with Gasteiger partial charge in [-0.25, -0.2) is 13.2 Å². The lowest BCUT2D eigenvalue weighted by molar-refractivity contribution is -0.137. The maximum Gasteiger partial charge on any atom is 0.417 e. The fraction of sp³-hybridized carbons (Fsp3) is 0.455. The van der Waals surface area contributed by atoms with Crippen molar-refractivity contribution in [2.45, 2.75) is 49.4 Å². The fourth-order valence-corrected chi connectivity index (χ4v) is 7.47. The number of rotatable bonds is 5. The van der Waals surface area contributed by atoms with Crippen LogP contribution in [0.1, 0.15) is 27.6 Å². The highest BCUT2D eigenvalue weighted by atomic mass is 19.4. The first kappa shape index (κ1) is 26.6. The molecule has 8 rings (SSSR count). The van der Waals surface area contributed by atoms with Crippen molar-refractivity contribution in [2.75, 3.05) is 44.3 Å². The monoisotopic (exact) mass is 630 g/mol. The molecule has 12 heteroatoms. The Hall–Kier alpha value is -3.64. The lowest BCUT2D eigenvalue weighted by atomic mass is 9.92. The molecule has 4 aliphatic rings. The smallest absolute Gasteiger partial charge is 0.417 e. The van der Waals surface area contributed by atoms with Crippen LogP contribution in [0.15, 0.2) is 48.5 Å². The molecule has 3 aliphatic heterocycles. The number of benzene rings is 3. The van der Waals surface area contributed by atoms with Crippen LogP contribution >= 0.6 is 0 Å². The maximum absolute atomic E-state index is 16.9. The number of halogens is 6. The topological polar surface area (TPSA) is 50.7 Å². The van der Waals surface area contributed by atoms with Gasteiger partial charge in [0.1, 0.15) is 30.2 Å². The zero-order chi connectivity index (χ0) is 32.9. The predicted octanol–water partition coefficient (Wildman–Crippen LogP) is 6.74. The van der Waals surface area contributed by atoms with Crippen LogP contribution in [0.5, 0.6) is 6.01 Å². The summed E-state index contributed by atoms with van der Waals surface area (Å²) in [5.74, 6) is -2.09. The molecular formula is C33H30F6N4O2. The average molecular weight is 631 g/mol. The standard InChI is InChI=1S/C33H30F6N4O2/c34-19-14-32(9-4-10-42(32)15-19)17-45-31-40-28-22(30(41-31)43-11-12-44-16-23-26(35)29(23)43)13-24(33(37,38)39)25(27(28)36)21-8-3-6-18-5-1-2-7-20(18)21/h1-3,5-8,13,19,23,26,29H,4,9-12,14-17H2/t19-,23+,26+,29+,32+/m1/s1/i17D2. The lowest BCUT2D eigenvalue weighted by Crippen LogP contribution is -2.43. The zero-order valence-corrected chi connectivity index (χ0v) is 24.0. The molecule has 1 aliphatic carbocycles. The van der Waals surface area contributed by atoms with E-state index in [2.05, 4.69) is 9.97 Å². The number of ether oxygens (including phenoxy) is 2. The van der Waals surface area contributed by atoms with Gasteiger partial charge in [0.05, 0.1) is 33.1 Å². The van der Waals surface area contributed by atoms with Gasteiger partial charge in [-0.1, -0.05) is 42.5 Å². The van der Waals surface area contributed by atoms with Crippen LogP contribution < -0.4 is 9.64 Å². The number of hydrogen-bond donors (Lipinski definition) is 0. The second kappa shape index (κ2) is 10.4. The summed E-state index contributed by atoms with van der Waals surface area (Å²) < 4.78 is 120. The van der Waals surface area contributed by atoms with Crippen LogP contribution in [-0.2, 0) is 10.9 Å². The molecule has 1 aromatic heterocycles. The van der Waals surface area contributed by atoms with E-state index in [1.165, 1.54) is 17.0 Å². The van der Waals surface area contributed by atoms with Crippen LogP contribution in [0, 0.1) is 11.7 Å². The van der Waals surface area contributed by atoms with Gasteiger partial charge in [0.25, 0.3) is 0 Å². The van der Waals surface area contributed by atoms with Crippen molar-refractivity contribution >= 4 is 27.5 Å². The van der Waals surface area contributed by atoms with E-state index >= 15 is 4.39 Å². The number of fused-ring (bicyclic) bond motifs is 4. The summed E-state index contributed by atoms with van der Waals surface area (Å²) >= 11 is 0. The molecule has 6 nitrogen and oxygen atoms in total. The predicted molar refractivity (Wildman–Crippen MR) is 156 cm³/mol. The van der Waals surface area contributed by atoms with Crippen molar-refractivity contribution in [3.8, 4) is 17.1 Å². The van der Waals surface area contributed by atoms with Gasteiger partial charge in [0.2, 0.25) is 0 Å². The SMILES string of the molecule is [2H]C([2H])(Oc1nc(N2CCOC[C@H]3[C@H](F)[C@H]32)c2cc(C(F)(F)F)c(-c3cccc4ccccc34)c(F)c2n1)[C@@]12CCCN1C[C@H](F)C2. The van der Waals surface area contributed by atoms with Gasteiger partial charge in [-0.15, -0.1) is 0 Å². The molecule has 236 valence electrons. The molecule has 3 aromatic carbocycles. The zero-order valence-electron chi connectivity index (χ0n) is 26.0. The van der Waals surface area contributed by atoms with E-state index < -0.39 is 71.0 Å². The molecule has 0 amide bonds. The first-order valence-corrected chi connectivity index (χ1v) is 15.1. The van der Waals surface area contributed by atoms with Gasteiger partial charge in [0.15, 0.2) is 5.82 Å². The molecule has 0 unspecified atom stereocenters. The second-order valence-electron chi connectivity index (χ2n) is 12.3. The van der Waals surface area contributed by atoms with Crippen LogP contribution in [-0.4, -0.2) is 78.2 Å². The molecule has 4 aromatic rings. The summed E-state index contributed by atoms with van der Waals surface area (Å²) in [7, 11) is 0. The van der Waals surface area contributed by atoms with Gasteiger partial charge in [-0.3, -0.25) is 4.90 Å². The first-order valence-electron chi connectivity index (χ1n) is 16.1. The van der Waals surface area contributed by atoms with Crippen molar-refractivity contribution in [1.82, 2.24) is 14.9 Å². The fourth-order valence-electron chi connectivity index (χ4n) is 7.47. The summed E-state index contributed by atoms with van der Waals surface area (Å²) in [5, 5.41) is 0.658. The highest BCUT2D eigenvalue weighted by Crippen LogP contribution is 2.48. The summed E-state index contributed by atoms with van der Waals surface area (Å²) in [4.78, 5) is 11.7. The molecule has 1 saturated carbocycles. The van der Waals surface area contributed by atoms with Crippen LogP contribution in [0.25, 0.3) is 32.8 Å². The van der Waals surface area contributed by atoms with Gasteiger partial charge >= 0.3 is 12.2 Å². The third-order valence-corrected chi connectivity index (χ3v) is 9.64. The number of nitrogens with zero attached hydrogens (tertiary/aromatic N) is 4. The molecule has 3 saturated heterocycles. The normalized spacial score (nSPS) is 29.3. The van der Waals surface area contributed by atoms with E-state index in [1.807, 2.05) is 0 Å². The Morgan fingerprint density at radius 3 is 2.73 bits per heavy atom. The number of anilines is 1. The Labute approximate surface area is 257 Å². The molecule has 4 heterocycles. The Morgan fingerprint density at radius 2 is 1.89 bits per heavy atom. The molecule has 0 spiro atoms. The van der Waals surface area contributed by atoms with Crippen molar-refractivity contribution in [3.63, 3.8) is 0 Å². The van der Waals surface area contributed by atoms with E-state index in [0.29, 0.717) is 30.2 Å². The number of alkyl halides is 5. The van der Waals surface area contributed by atoms with Crippen molar-refractivity contribution in [3.05, 3.63) is 59.9 Å². The van der Waals surface area contributed by atoms with Crippen LogP contribution in [0.2, 0.25) is 0 Å². The van der Waals surface area contributed by atoms with E-state index in [9.17, 15) is 22.0 Å². The highest BCUT2D eigenvalue weighted by molar-refractivity contribution is 6.02. The Bertz CT molecular complexity index is 1890. The van der Waals surface area contributed by atoms with Crippen molar-refractivity contribution in [1.29, 1.82) is 0 Å². The molecule has 0 bridgehead atoms. The average Bonchev–Trinajstić information content (AvgIpc) is 3.38. The number of hydrogen-bond acceptors (Lipinski definition) is 6. The Balaban J connectivity index is 1.36. The first-order chi connectivity index (χ1) is 22.4. The number of aromatic nitrogens is 2. The minimum Gasteiger partial charge on any atom is -0.461 e. The van der Waals surface area contributed by atoms with Gasteiger partial charge < -0.3 is 14.4 Å². The van der Waals surface area contributed by atoms with Gasteiger partial charge in [-0.2, -0.15) is 23.1 Å². The summed E-state index contributed by atoms with van der Waals surface area (Å²) in [6.07, 6.45) is -6.87. The molecule has 0 N–H and O–H groups in total. The Morgan fingerprint density at radius 1 is 1.07 bits per heavy atom. The highest BCUT2D eigenvalue weighted by Gasteiger charge is 2.57. The van der Waals surface area contributed by atoms with Crippen molar-refractivity contribution in [2.24, 2.45) is 5.92 Å². The third kappa shape index (κ3) is 4.70. The molecule has 4 fully saturated rings. The van der Waals surface area contributed by atoms with E-state index in [0.717, 1.165) is 6.07 Å². The molecular weight excluding hydrogens is 598 g/mol. The molecule has 45 heavy (non-hydrogen) atoms. The molecule has 5 atom stereocenters.